The van der Waals surface area contributed by atoms with Gasteiger partial charge in [0, 0.05) is 10.8 Å². The van der Waals surface area contributed by atoms with Crippen LogP contribution < -0.4 is 0 Å². The Morgan fingerprint density at radius 3 is 1.62 bits per heavy atom. The van der Waals surface area contributed by atoms with Crippen LogP contribution in [0.5, 0.6) is 0 Å². The fraction of sp³-hybridized carbons (Fsp3) is 0.800. The van der Waals surface area contributed by atoms with E-state index in [1.807, 2.05) is 41.5 Å². The number of rotatable bonds is 0. The molecule has 0 atom stereocenters. The van der Waals surface area contributed by atoms with E-state index in [-0.39, 0.29) is 10.8 Å². The van der Waals surface area contributed by atoms with E-state index in [9.17, 15) is 0 Å². The Hall–Kier alpha value is -0.310. The number of nitrogens with zero attached hydrogens (tertiary/aromatic N) is 1. The first kappa shape index (κ1) is 12.7. The maximum absolute atomic E-state index is 7.71. The molecule has 76 valence electrons. The van der Waals surface area contributed by atoms with Gasteiger partial charge in [0.2, 0.25) is 0 Å². The van der Waals surface area contributed by atoms with E-state index < -0.39 is 0 Å². The van der Waals surface area contributed by atoms with Gasteiger partial charge in [0.15, 0.2) is 0 Å². The highest BCUT2D eigenvalue weighted by Crippen LogP contribution is 2.22. The summed E-state index contributed by atoms with van der Waals surface area (Å²) in [6.45, 7) is 12.0. The number of thiol groups is 1. The molecule has 0 saturated heterocycles. The smallest absolute Gasteiger partial charge is 0.126 e. The molecule has 0 aliphatic rings. The summed E-state index contributed by atoms with van der Waals surface area (Å²) in [5.41, 5.74) is -0.264. The second kappa shape index (κ2) is 3.82. The number of nitrogens with one attached hydrogen (secondary N) is 1. The fourth-order valence-corrected chi connectivity index (χ4v) is 0.541. The lowest BCUT2D eigenvalue weighted by Crippen LogP contribution is -2.22. The Morgan fingerprint density at radius 1 is 1.00 bits per heavy atom. The van der Waals surface area contributed by atoms with E-state index in [4.69, 9.17) is 5.41 Å². The quantitative estimate of drug-likeness (QED) is 0.342. The van der Waals surface area contributed by atoms with Crippen molar-refractivity contribution < 1.29 is 0 Å². The molecule has 0 bridgehead atoms. The lowest BCUT2D eigenvalue weighted by atomic mass is 9.94. The topological polar surface area (TPSA) is 36.2 Å². The van der Waals surface area contributed by atoms with Gasteiger partial charge in [-0.2, -0.15) is 0 Å². The van der Waals surface area contributed by atoms with Crippen LogP contribution in [0.25, 0.3) is 0 Å². The maximum Gasteiger partial charge on any atom is 0.126 e. The van der Waals surface area contributed by atoms with Gasteiger partial charge >= 0.3 is 0 Å². The molecule has 0 aromatic heterocycles. The zero-order valence-corrected chi connectivity index (χ0v) is 10.3. The van der Waals surface area contributed by atoms with Crippen LogP contribution in [0.15, 0.2) is 4.99 Å². The number of amidine groups is 1. The third-order valence-electron chi connectivity index (χ3n) is 1.60. The lowest BCUT2D eigenvalue weighted by Gasteiger charge is -2.21. The molecule has 1 N–H and O–H groups in total. The minimum absolute atomic E-state index is 0.0688. The molecule has 0 radical (unpaired) electrons. The molecule has 0 aromatic carbocycles. The minimum Gasteiger partial charge on any atom is -0.286 e. The third-order valence-corrected chi connectivity index (χ3v) is 2.37. The first-order valence-corrected chi connectivity index (χ1v) is 4.87. The van der Waals surface area contributed by atoms with Gasteiger partial charge in [-0.05, 0) is 0 Å². The molecule has 0 fully saturated rings. The van der Waals surface area contributed by atoms with E-state index in [1.54, 1.807) is 0 Å². The Balaban J connectivity index is 4.70. The molecule has 0 aliphatic heterocycles. The number of hydrogen-bond acceptors (Lipinski definition) is 1. The van der Waals surface area contributed by atoms with Crippen molar-refractivity contribution in [2.45, 2.75) is 41.5 Å². The van der Waals surface area contributed by atoms with Gasteiger partial charge < -0.3 is 0 Å². The largest absolute Gasteiger partial charge is 0.286 e. The SMILES string of the molecule is CC(C)(C)C(=N)/N=C(\S)C(C)(C)C. The van der Waals surface area contributed by atoms with E-state index in [0.29, 0.717) is 10.9 Å². The molecule has 13 heavy (non-hydrogen) atoms. The van der Waals surface area contributed by atoms with Crippen LogP contribution in [0, 0.1) is 16.2 Å². The van der Waals surface area contributed by atoms with E-state index in [1.165, 1.54) is 0 Å². The second-order valence-electron chi connectivity index (χ2n) is 5.28. The van der Waals surface area contributed by atoms with E-state index in [0.717, 1.165) is 0 Å². The lowest BCUT2D eigenvalue weighted by molar-refractivity contribution is 0.575. The fourth-order valence-electron chi connectivity index (χ4n) is 0.441. The van der Waals surface area contributed by atoms with Crippen molar-refractivity contribution >= 4 is 23.5 Å². The van der Waals surface area contributed by atoms with Crippen molar-refractivity contribution in [1.82, 2.24) is 0 Å². The molecule has 0 unspecified atom stereocenters. The Labute approximate surface area is 86.8 Å². The maximum atomic E-state index is 7.71. The third kappa shape index (κ3) is 4.46. The molecule has 3 heteroatoms. The zero-order valence-electron chi connectivity index (χ0n) is 9.39. The van der Waals surface area contributed by atoms with Gasteiger partial charge in [-0.15, -0.1) is 12.6 Å². The Morgan fingerprint density at radius 2 is 1.38 bits per heavy atom. The van der Waals surface area contributed by atoms with Gasteiger partial charge in [0.1, 0.15) is 5.84 Å². The van der Waals surface area contributed by atoms with Crippen molar-refractivity contribution in [2.75, 3.05) is 0 Å². The van der Waals surface area contributed by atoms with Crippen LogP contribution in [-0.2, 0) is 0 Å². The summed E-state index contributed by atoms with van der Waals surface area (Å²) < 4.78 is 0. The predicted octanol–water partition coefficient (Wildman–Crippen LogP) is 3.38. The summed E-state index contributed by atoms with van der Waals surface area (Å²) in [5.74, 6) is 0.382. The van der Waals surface area contributed by atoms with Crippen LogP contribution in [0.3, 0.4) is 0 Å². The molecule has 0 aliphatic carbocycles. The zero-order chi connectivity index (χ0) is 10.9. The van der Waals surface area contributed by atoms with Gasteiger partial charge in [-0.3, -0.25) is 5.41 Å². The molecular formula is C10H20N2S. The van der Waals surface area contributed by atoms with Crippen molar-refractivity contribution in [3.8, 4) is 0 Å². The van der Waals surface area contributed by atoms with Crippen LogP contribution >= 0.6 is 12.6 Å². The molecule has 0 amide bonds. The molecular weight excluding hydrogens is 180 g/mol. The first-order valence-electron chi connectivity index (χ1n) is 4.42. The highest BCUT2D eigenvalue weighted by Gasteiger charge is 2.20. The molecule has 0 spiro atoms. The summed E-state index contributed by atoms with van der Waals surface area (Å²) in [6.07, 6.45) is 0. The first-order chi connectivity index (χ1) is 5.55. The summed E-state index contributed by atoms with van der Waals surface area (Å²) in [7, 11) is 0. The molecule has 0 aromatic rings. The Kier molecular flexibility index (Phi) is 3.73. The number of hydrogen-bond donors (Lipinski definition) is 2. The van der Waals surface area contributed by atoms with Gasteiger partial charge in [-0.25, -0.2) is 4.99 Å². The molecule has 0 heterocycles. The summed E-state index contributed by atoms with van der Waals surface area (Å²) >= 11 is 4.29. The van der Waals surface area contributed by atoms with Crippen LogP contribution in [0.4, 0.5) is 0 Å². The highest BCUT2D eigenvalue weighted by molar-refractivity contribution is 7.97. The van der Waals surface area contributed by atoms with Crippen molar-refractivity contribution in [1.29, 1.82) is 5.41 Å². The number of aliphatic imine (C=N–C) groups is 1. The summed E-state index contributed by atoms with van der Waals surface area (Å²) in [4.78, 5) is 4.18. The summed E-state index contributed by atoms with van der Waals surface area (Å²) in [5, 5.41) is 8.43. The molecule has 2 nitrogen and oxygen atoms in total. The standard InChI is InChI=1S/C10H20N2S/c1-9(2,3)7(11)12-8(13)10(4,5)6/h1-6H3,(H2,11,12,13). The van der Waals surface area contributed by atoms with E-state index in [2.05, 4.69) is 17.6 Å². The average molecular weight is 200 g/mol. The van der Waals surface area contributed by atoms with Gasteiger partial charge in [-0.1, -0.05) is 41.5 Å². The highest BCUT2D eigenvalue weighted by atomic mass is 32.1. The second-order valence-corrected chi connectivity index (χ2v) is 5.71. The molecule has 0 saturated carbocycles. The van der Waals surface area contributed by atoms with E-state index >= 15 is 0 Å². The van der Waals surface area contributed by atoms with Crippen molar-refractivity contribution in [3.05, 3.63) is 0 Å². The normalized spacial score (nSPS) is 14.5. The monoisotopic (exact) mass is 200 g/mol. The minimum atomic E-state index is -0.195. The average Bonchev–Trinajstić information content (AvgIpc) is 1.82. The predicted molar refractivity (Wildman–Crippen MR) is 63.1 cm³/mol. The van der Waals surface area contributed by atoms with Crippen LogP contribution in [0.2, 0.25) is 0 Å². The van der Waals surface area contributed by atoms with Crippen LogP contribution in [0.1, 0.15) is 41.5 Å². The Bertz CT molecular complexity index is 228. The van der Waals surface area contributed by atoms with Crippen LogP contribution in [-0.4, -0.2) is 10.9 Å². The summed E-state index contributed by atoms with van der Waals surface area (Å²) in [6, 6.07) is 0. The van der Waals surface area contributed by atoms with Gasteiger partial charge in [0.05, 0.1) is 5.04 Å². The van der Waals surface area contributed by atoms with Gasteiger partial charge in [0.25, 0.3) is 0 Å². The van der Waals surface area contributed by atoms with Crippen molar-refractivity contribution in [2.24, 2.45) is 15.8 Å². The van der Waals surface area contributed by atoms with Crippen molar-refractivity contribution in [3.63, 3.8) is 0 Å². The molecule has 0 rings (SSSR count).